The molecule has 0 atom stereocenters. The van der Waals surface area contributed by atoms with Gasteiger partial charge in [-0.25, -0.2) is 4.98 Å². The van der Waals surface area contributed by atoms with Gasteiger partial charge in [0.25, 0.3) is 5.56 Å². The molecule has 112 valence electrons. The second-order valence-electron chi connectivity index (χ2n) is 6.88. The van der Waals surface area contributed by atoms with E-state index in [0.717, 1.165) is 5.52 Å². The lowest BCUT2D eigenvalue weighted by atomic mass is 9.99. The minimum atomic E-state index is -0.286. The van der Waals surface area contributed by atoms with E-state index in [9.17, 15) is 4.79 Å². The van der Waals surface area contributed by atoms with E-state index in [1.165, 1.54) is 0 Å². The van der Waals surface area contributed by atoms with E-state index in [2.05, 4.69) is 42.6 Å². The summed E-state index contributed by atoms with van der Waals surface area (Å²) in [7, 11) is 0. The predicted octanol–water partition coefficient (Wildman–Crippen LogP) is 2.32. The Kier molecular flexibility index (Phi) is 3.06. The Morgan fingerprint density at radius 1 is 1.14 bits per heavy atom. The molecule has 1 fully saturated rings. The summed E-state index contributed by atoms with van der Waals surface area (Å²) in [6.45, 7) is 9.61. The molecule has 0 amide bonds. The first kappa shape index (κ1) is 14.1. The molecular weight excluding hydrogens is 266 g/mol. The number of morpholine rings is 1. The highest BCUT2D eigenvalue weighted by atomic mass is 16.5. The summed E-state index contributed by atoms with van der Waals surface area (Å²) in [5, 5.41) is 0.619. The van der Waals surface area contributed by atoms with Crippen LogP contribution in [0.3, 0.4) is 0 Å². The zero-order valence-corrected chi connectivity index (χ0v) is 12.9. The van der Waals surface area contributed by atoms with Crippen molar-refractivity contribution in [1.82, 2.24) is 9.97 Å². The van der Waals surface area contributed by atoms with E-state index < -0.39 is 0 Å². The second-order valence-corrected chi connectivity index (χ2v) is 6.88. The Balaban J connectivity index is 2.06. The van der Waals surface area contributed by atoms with E-state index in [-0.39, 0.29) is 16.8 Å². The number of aromatic amines is 1. The molecule has 0 aliphatic carbocycles. The molecule has 0 bridgehead atoms. The third kappa shape index (κ3) is 2.78. The smallest absolute Gasteiger partial charge is 0.260 e. The highest BCUT2D eigenvalue weighted by molar-refractivity contribution is 5.78. The van der Waals surface area contributed by atoms with Gasteiger partial charge in [0.1, 0.15) is 0 Å². The van der Waals surface area contributed by atoms with E-state index in [1.807, 2.05) is 18.2 Å². The first-order valence-electron chi connectivity index (χ1n) is 7.20. The van der Waals surface area contributed by atoms with Gasteiger partial charge in [0.2, 0.25) is 5.95 Å². The van der Waals surface area contributed by atoms with Crippen LogP contribution < -0.4 is 10.5 Å². The molecule has 3 rings (SSSR count). The van der Waals surface area contributed by atoms with E-state index in [0.29, 0.717) is 24.4 Å². The molecule has 1 aromatic carbocycles. The molecule has 0 unspecified atom stereocenters. The molecular formula is C16H21N3O2. The van der Waals surface area contributed by atoms with Crippen molar-refractivity contribution < 1.29 is 4.74 Å². The molecule has 0 saturated carbocycles. The Hall–Kier alpha value is -1.88. The van der Waals surface area contributed by atoms with Gasteiger partial charge in [-0.15, -0.1) is 0 Å². The van der Waals surface area contributed by atoms with Crippen molar-refractivity contribution in [1.29, 1.82) is 0 Å². The molecule has 1 aliphatic rings. The third-order valence-electron chi connectivity index (χ3n) is 3.60. The zero-order chi connectivity index (χ0) is 15.3. The summed E-state index contributed by atoms with van der Waals surface area (Å²) >= 11 is 0. The van der Waals surface area contributed by atoms with Crippen LogP contribution in [0.4, 0.5) is 5.95 Å². The van der Waals surface area contributed by atoms with Crippen LogP contribution in [0, 0.1) is 0 Å². The minimum absolute atomic E-state index is 0.0993. The van der Waals surface area contributed by atoms with Crippen molar-refractivity contribution in [2.24, 2.45) is 0 Å². The maximum atomic E-state index is 12.2. The van der Waals surface area contributed by atoms with E-state index in [1.54, 1.807) is 6.07 Å². The third-order valence-corrected chi connectivity index (χ3v) is 3.60. The van der Waals surface area contributed by atoms with Gasteiger partial charge in [-0.05, 0) is 39.8 Å². The molecule has 21 heavy (non-hydrogen) atoms. The Labute approximate surface area is 124 Å². The summed E-state index contributed by atoms with van der Waals surface area (Å²) < 4.78 is 6.07. The van der Waals surface area contributed by atoms with Crippen LogP contribution in [0.15, 0.2) is 29.1 Å². The fourth-order valence-electron chi connectivity index (χ4n) is 3.16. The number of ether oxygens (including phenoxy) is 1. The van der Waals surface area contributed by atoms with Crippen LogP contribution >= 0.6 is 0 Å². The molecule has 2 aromatic rings. The standard InChI is InChI=1S/C16H21N3O2/c1-15(2)9-19(10-16(3,4)21-15)14-17-12-8-6-5-7-11(12)13(20)18-14/h5-8H,9-10H2,1-4H3,(H,17,18,20). The van der Waals surface area contributed by atoms with Crippen molar-refractivity contribution in [2.75, 3.05) is 18.0 Å². The highest BCUT2D eigenvalue weighted by Gasteiger charge is 2.39. The van der Waals surface area contributed by atoms with Gasteiger partial charge in [-0.1, -0.05) is 12.1 Å². The average molecular weight is 287 g/mol. The summed E-state index contributed by atoms with van der Waals surface area (Å²) in [5.74, 6) is 0.614. The fourth-order valence-corrected chi connectivity index (χ4v) is 3.16. The van der Waals surface area contributed by atoms with Gasteiger partial charge in [-0.2, -0.15) is 0 Å². The van der Waals surface area contributed by atoms with Gasteiger partial charge in [0.05, 0.1) is 22.1 Å². The summed E-state index contributed by atoms with van der Waals surface area (Å²) in [6.07, 6.45) is 0. The molecule has 5 nitrogen and oxygen atoms in total. The SMILES string of the molecule is CC1(C)CN(c2nc3ccccc3c(=O)[nH]2)CC(C)(C)O1. The molecule has 1 aliphatic heterocycles. The van der Waals surface area contributed by atoms with Crippen LogP contribution in [-0.4, -0.2) is 34.3 Å². The topological polar surface area (TPSA) is 58.2 Å². The van der Waals surface area contributed by atoms with Crippen molar-refractivity contribution in [3.8, 4) is 0 Å². The first-order valence-corrected chi connectivity index (χ1v) is 7.20. The number of nitrogens with zero attached hydrogens (tertiary/aromatic N) is 2. The Morgan fingerprint density at radius 3 is 2.43 bits per heavy atom. The van der Waals surface area contributed by atoms with Gasteiger partial charge in [0.15, 0.2) is 0 Å². The Bertz CT molecular complexity index is 718. The number of hydrogen-bond donors (Lipinski definition) is 1. The number of para-hydroxylation sites is 1. The van der Waals surface area contributed by atoms with Crippen LogP contribution in [0.2, 0.25) is 0 Å². The van der Waals surface area contributed by atoms with Crippen molar-refractivity contribution in [3.05, 3.63) is 34.6 Å². The molecule has 1 saturated heterocycles. The number of benzene rings is 1. The summed E-state index contributed by atoms with van der Waals surface area (Å²) in [5.41, 5.74) is 0.0498. The van der Waals surface area contributed by atoms with Crippen LogP contribution in [0.1, 0.15) is 27.7 Å². The molecule has 2 heterocycles. The molecule has 1 aromatic heterocycles. The minimum Gasteiger partial charge on any atom is -0.366 e. The lowest BCUT2D eigenvalue weighted by Gasteiger charge is -2.47. The van der Waals surface area contributed by atoms with E-state index >= 15 is 0 Å². The maximum Gasteiger partial charge on any atom is 0.260 e. The highest BCUT2D eigenvalue weighted by Crippen LogP contribution is 2.29. The van der Waals surface area contributed by atoms with Crippen molar-refractivity contribution >= 4 is 16.9 Å². The fraction of sp³-hybridized carbons (Fsp3) is 0.500. The second kappa shape index (κ2) is 4.56. The molecule has 0 radical (unpaired) electrons. The number of hydrogen-bond acceptors (Lipinski definition) is 4. The van der Waals surface area contributed by atoms with Crippen LogP contribution in [0.5, 0.6) is 0 Å². The van der Waals surface area contributed by atoms with Gasteiger partial charge >= 0.3 is 0 Å². The summed E-state index contributed by atoms with van der Waals surface area (Å²) in [6, 6.07) is 7.40. The van der Waals surface area contributed by atoms with Gasteiger partial charge in [-0.3, -0.25) is 9.78 Å². The normalized spacial score (nSPS) is 20.7. The van der Waals surface area contributed by atoms with Gasteiger partial charge < -0.3 is 9.64 Å². The molecule has 1 N–H and O–H groups in total. The Morgan fingerprint density at radius 2 is 1.76 bits per heavy atom. The lowest BCUT2D eigenvalue weighted by Crippen LogP contribution is -2.57. The largest absolute Gasteiger partial charge is 0.366 e. The number of fused-ring (bicyclic) bond motifs is 1. The number of aromatic nitrogens is 2. The number of rotatable bonds is 1. The quantitative estimate of drug-likeness (QED) is 0.874. The average Bonchev–Trinajstić information content (AvgIpc) is 2.35. The number of anilines is 1. The predicted molar refractivity (Wildman–Crippen MR) is 83.8 cm³/mol. The van der Waals surface area contributed by atoms with Crippen molar-refractivity contribution in [3.63, 3.8) is 0 Å². The monoisotopic (exact) mass is 287 g/mol. The molecule has 5 heteroatoms. The summed E-state index contributed by atoms with van der Waals surface area (Å²) in [4.78, 5) is 21.8. The maximum absolute atomic E-state index is 12.2. The molecule has 0 spiro atoms. The van der Waals surface area contributed by atoms with E-state index in [4.69, 9.17) is 4.74 Å². The number of nitrogens with one attached hydrogen (secondary N) is 1. The van der Waals surface area contributed by atoms with Gasteiger partial charge in [0, 0.05) is 13.1 Å². The number of H-pyrrole nitrogens is 1. The lowest BCUT2D eigenvalue weighted by molar-refractivity contribution is -0.133. The van der Waals surface area contributed by atoms with Crippen LogP contribution in [-0.2, 0) is 4.74 Å². The first-order chi connectivity index (χ1) is 9.76. The van der Waals surface area contributed by atoms with Crippen molar-refractivity contribution in [2.45, 2.75) is 38.9 Å². The zero-order valence-electron chi connectivity index (χ0n) is 12.9. The van der Waals surface area contributed by atoms with Crippen LogP contribution in [0.25, 0.3) is 10.9 Å².